The van der Waals surface area contributed by atoms with Gasteiger partial charge in [-0.15, -0.1) is 0 Å². The van der Waals surface area contributed by atoms with E-state index < -0.39 is 24.4 Å². The van der Waals surface area contributed by atoms with Crippen LogP contribution in [0, 0.1) is 5.92 Å². The Bertz CT molecular complexity index is 1280. The molecular weight excluding hydrogens is 418 g/mol. The Labute approximate surface area is 182 Å². The molecule has 3 aromatic heterocycles. The van der Waals surface area contributed by atoms with E-state index in [0.717, 1.165) is 22.8 Å². The van der Waals surface area contributed by atoms with Crippen LogP contribution in [0.2, 0.25) is 5.02 Å². The number of carbonyl (C=O) groups is 1. The zero-order valence-electron chi connectivity index (χ0n) is 16.4. The summed E-state index contributed by atoms with van der Waals surface area (Å²) < 4.78 is 7.85. The molecule has 4 atom stereocenters. The van der Waals surface area contributed by atoms with Crippen molar-refractivity contribution in [2.45, 2.75) is 31.3 Å². The number of carbonyl (C=O) groups excluding carboxylic acids is 1. The summed E-state index contributed by atoms with van der Waals surface area (Å²) in [6, 6.07) is 9.64. The van der Waals surface area contributed by atoms with Crippen LogP contribution in [0.4, 0.5) is 5.82 Å². The van der Waals surface area contributed by atoms with Gasteiger partial charge in [-0.2, -0.15) is 0 Å². The van der Waals surface area contributed by atoms with E-state index in [0.29, 0.717) is 34.7 Å². The van der Waals surface area contributed by atoms with Gasteiger partial charge in [-0.1, -0.05) is 23.7 Å². The van der Waals surface area contributed by atoms with Crippen LogP contribution in [-0.4, -0.2) is 43.1 Å². The van der Waals surface area contributed by atoms with E-state index in [1.165, 1.54) is 6.33 Å². The maximum absolute atomic E-state index is 11.8. The van der Waals surface area contributed by atoms with Gasteiger partial charge < -0.3 is 24.9 Å². The van der Waals surface area contributed by atoms with E-state index >= 15 is 0 Å². The number of nitrogens with zero attached hydrogens (tertiary/aromatic N) is 4. The van der Waals surface area contributed by atoms with Gasteiger partial charge in [0.2, 0.25) is 0 Å². The highest BCUT2D eigenvalue weighted by Crippen LogP contribution is 2.37. The highest BCUT2D eigenvalue weighted by molar-refractivity contribution is 6.31. The summed E-state index contributed by atoms with van der Waals surface area (Å²) >= 11 is 6.00. The molecule has 3 N–H and O–H groups in total. The maximum Gasteiger partial charge on any atom is 0.162 e. The topological polar surface area (TPSA) is 116 Å². The van der Waals surface area contributed by atoms with Gasteiger partial charge in [-0.05, 0) is 36.6 Å². The maximum atomic E-state index is 11.8. The monoisotopic (exact) mass is 437 g/mol. The van der Waals surface area contributed by atoms with E-state index in [1.54, 1.807) is 23.0 Å². The zero-order chi connectivity index (χ0) is 21.5. The number of aldehydes is 1. The van der Waals surface area contributed by atoms with Crippen LogP contribution >= 0.6 is 11.6 Å². The third-order valence-corrected chi connectivity index (χ3v) is 6.04. The summed E-state index contributed by atoms with van der Waals surface area (Å²) in [6.45, 7) is 0. The molecule has 9 heteroatoms. The first-order valence-electron chi connectivity index (χ1n) is 9.95. The fourth-order valence-electron chi connectivity index (χ4n) is 4.22. The molecule has 1 saturated heterocycles. The Morgan fingerprint density at radius 2 is 2.10 bits per heavy atom. The summed E-state index contributed by atoms with van der Waals surface area (Å²) in [5, 5.41) is 13.0. The molecule has 4 heterocycles. The second kappa shape index (κ2) is 7.88. The van der Waals surface area contributed by atoms with Crippen molar-refractivity contribution in [3.63, 3.8) is 0 Å². The minimum Gasteiger partial charge on any atom is -0.388 e. The van der Waals surface area contributed by atoms with Crippen LogP contribution in [-0.2, 0) is 16.0 Å². The first-order chi connectivity index (χ1) is 15.0. The van der Waals surface area contributed by atoms with Gasteiger partial charge in [0.15, 0.2) is 6.23 Å². The standard InChI is InChI=1S/C22H20ClN5O3/c23-14-8-13-3-1-12(7-17(13)25-9-14)2-4-18-16(10-29)19(30)22(31-18)28-6-5-15-20(24)26-11-27-21(15)28/h1,3,5-11,16,18-19,22,30H,2,4H2,(H2,24,26,27)/t16-,18-,19-,22-/m1/s1. The van der Waals surface area contributed by atoms with Crippen LogP contribution in [0.5, 0.6) is 0 Å². The first kappa shape index (κ1) is 19.9. The van der Waals surface area contributed by atoms with Crippen molar-refractivity contribution in [1.29, 1.82) is 0 Å². The molecule has 0 radical (unpaired) electrons. The lowest BCUT2D eigenvalue weighted by molar-refractivity contribution is -0.114. The van der Waals surface area contributed by atoms with E-state index in [1.807, 2.05) is 24.3 Å². The highest BCUT2D eigenvalue weighted by atomic mass is 35.5. The molecule has 0 saturated carbocycles. The van der Waals surface area contributed by atoms with Gasteiger partial charge in [-0.25, -0.2) is 9.97 Å². The van der Waals surface area contributed by atoms with Crippen LogP contribution in [0.15, 0.2) is 49.1 Å². The zero-order valence-corrected chi connectivity index (χ0v) is 17.2. The van der Waals surface area contributed by atoms with Crippen molar-refractivity contribution in [2.75, 3.05) is 5.73 Å². The molecule has 0 aliphatic carbocycles. The van der Waals surface area contributed by atoms with Crippen molar-refractivity contribution in [3.05, 3.63) is 59.6 Å². The van der Waals surface area contributed by atoms with Gasteiger partial charge in [0.25, 0.3) is 0 Å². The van der Waals surface area contributed by atoms with E-state index in [2.05, 4.69) is 15.0 Å². The number of aliphatic hydroxyl groups is 1. The molecular formula is C22H20ClN5O3. The number of benzene rings is 1. The Kier molecular flexibility index (Phi) is 5.05. The van der Waals surface area contributed by atoms with Crippen molar-refractivity contribution >= 4 is 45.6 Å². The minimum absolute atomic E-state index is 0.353. The number of rotatable bonds is 5. The number of hydrogen-bond acceptors (Lipinski definition) is 7. The van der Waals surface area contributed by atoms with Crippen molar-refractivity contribution in [1.82, 2.24) is 19.5 Å². The summed E-state index contributed by atoms with van der Waals surface area (Å²) in [6.07, 6.45) is 4.61. The van der Waals surface area contributed by atoms with Gasteiger partial charge in [-0.3, -0.25) is 4.98 Å². The second-order valence-electron chi connectivity index (χ2n) is 7.71. The van der Waals surface area contributed by atoms with Crippen molar-refractivity contribution < 1.29 is 14.6 Å². The Hall–Kier alpha value is -3.07. The largest absolute Gasteiger partial charge is 0.388 e. The Morgan fingerprint density at radius 1 is 1.23 bits per heavy atom. The quantitative estimate of drug-likeness (QED) is 0.461. The van der Waals surface area contributed by atoms with Gasteiger partial charge in [0, 0.05) is 17.8 Å². The predicted octanol–water partition coefficient (Wildman–Crippen LogP) is 2.92. The first-order valence-corrected chi connectivity index (χ1v) is 10.3. The predicted molar refractivity (Wildman–Crippen MR) is 116 cm³/mol. The molecule has 0 bridgehead atoms. The molecule has 1 aliphatic heterocycles. The molecule has 4 aromatic rings. The average Bonchev–Trinajstić information content (AvgIpc) is 3.33. The van der Waals surface area contributed by atoms with Crippen LogP contribution in [0.1, 0.15) is 18.2 Å². The molecule has 1 fully saturated rings. The lowest BCUT2D eigenvalue weighted by Crippen LogP contribution is -2.27. The Morgan fingerprint density at radius 3 is 2.94 bits per heavy atom. The number of aryl methyl sites for hydroxylation is 1. The molecule has 0 spiro atoms. The van der Waals surface area contributed by atoms with Gasteiger partial charge >= 0.3 is 0 Å². The second-order valence-corrected chi connectivity index (χ2v) is 8.14. The fraction of sp³-hybridized carbons (Fsp3) is 0.273. The molecule has 31 heavy (non-hydrogen) atoms. The molecule has 0 amide bonds. The van der Waals surface area contributed by atoms with E-state index in [-0.39, 0.29) is 0 Å². The van der Waals surface area contributed by atoms with Gasteiger partial charge in [0.05, 0.1) is 27.9 Å². The number of nitrogens with two attached hydrogens (primary N) is 1. The SMILES string of the molecule is Nc1ncnc2c1ccn2[C@@H]1O[C@H](CCc2ccc3cc(Cl)cnc3c2)[C@@H](C=O)[C@H]1O. The van der Waals surface area contributed by atoms with Crippen LogP contribution in [0.3, 0.4) is 0 Å². The van der Waals surface area contributed by atoms with Crippen LogP contribution < -0.4 is 5.73 Å². The smallest absolute Gasteiger partial charge is 0.162 e. The third-order valence-electron chi connectivity index (χ3n) is 5.83. The number of aromatic nitrogens is 4. The fourth-order valence-corrected chi connectivity index (χ4v) is 4.39. The molecule has 158 valence electrons. The molecule has 1 aromatic carbocycles. The summed E-state index contributed by atoms with van der Waals surface area (Å²) in [4.78, 5) is 24.4. The number of anilines is 1. The van der Waals surface area contributed by atoms with E-state index in [4.69, 9.17) is 22.1 Å². The third kappa shape index (κ3) is 3.52. The van der Waals surface area contributed by atoms with Crippen molar-refractivity contribution in [3.8, 4) is 0 Å². The highest BCUT2D eigenvalue weighted by Gasteiger charge is 2.44. The summed E-state index contributed by atoms with van der Waals surface area (Å²) in [5.41, 5.74) is 8.39. The summed E-state index contributed by atoms with van der Waals surface area (Å²) in [7, 11) is 0. The number of nitrogen functional groups attached to an aromatic ring is 1. The average molecular weight is 438 g/mol. The minimum atomic E-state index is -0.991. The number of fused-ring (bicyclic) bond motifs is 2. The number of aliphatic hydroxyl groups excluding tert-OH is 1. The number of pyridine rings is 1. The van der Waals surface area contributed by atoms with E-state index in [9.17, 15) is 9.90 Å². The number of hydrogen-bond donors (Lipinski definition) is 2. The molecule has 1 aliphatic rings. The molecule has 0 unspecified atom stereocenters. The lowest BCUT2D eigenvalue weighted by Gasteiger charge is -2.17. The normalized spacial score (nSPS) is 23.5. The van der Waals surface area contributed by atoms with Crippen LogP contribution in [0.25, 0.3) is 21.9 Å². The molecule has 5 rings (SSSR count). The number of ether oxygens (including phenoxy) is 1. The number of halogens is 1. The molecule has 8 nitrogen and oxygen atoms in total. The Balaban J connectivity index is 1.36. The van der Waals surface area contributed by atoms with Crippen molar-refractivity contribution in [2.24, 2.45) is 5.92 Å². The summed E-state index contributed by atoms with van der Waals surface area (Å²) in [5.74, 6) is -0.287. The lowest BCUT2D eigenvalue weighted by atomic mass is 9.94. The van der Waals surface area contributed by atoms with Gasteiger partial charge in [0.1, 0.15) is 30.2 Å².